The third-order valence-electron chi connectivity index (χ3n) is 7.74. The first kappa shape index (κ1) is 27.9. The minimum absolute atomic E-state index is 0.0735. The summed E-state index contributed by atoms with van der Waals surface area (Å²) in [6.07, 6.45) is 6.44. The molecule has 8 nitrogen and oxygen atoms in total. The molecular formula is C30H42N4O4. The van der Waals surface area contributed by atoms with Gasteiger partial charge in [0.25, 0.3) is 5.91 Å². The molecule has 0 spiro atoms. The standard InChI is InChI=1S/C30H42N4O4/c1-21-17-34(22(2)20-35)29(36)26-16-25(32-30(37)31-24-12-8-5-9-13-24)14-15-27(26)38-28(21)19-33(3)18-23-10-6-4-7-11-23/h5,8-9,12-16,21-23,28,35H,4,6-7,10-11,17-20H2,1-3H3,(H2,31,32,37)/t21-,22+,28-/m1/s1. The van der Waals surface area contributed by atoms with Crippen LogP contribution in [0.5, 0.6) is 5.75 Å². The fourth-order valence-corrected chi connectivity index (χ4v) is 5.53. The number of rotatable bonds is 8. The molecule has 1 saturated carbocycles. The fraction of sp³-hybridized carbons (Fsp3) is 0.533. The van der Waals surface area contributed by atoms with Gasteiger partial charge in [0.05, 0.1) is 18.2 Å². The molecule has 2 aliphatic rings. The van der Waals surface area contributed by atoms with Crippen molar-refractivity contribution in [3.8, 4) is 5.75 Å². The molecule has 206 valence electrons. The van der Waals surface area contributed by atoms with Gasteiger partial charge in [0, 0.05) is 36.9 Å². The summed E-state index contributed by atoms with van der Waals surface area (Å²) in [6.45, 7) is 6.12. The molecule has 1 aliphatic heterocycles. The smallest absolute Gasteiger partial charge is 0.323 e. The molecule has 1 fully saturated rings. The van der Waals surface area contributed by atoms with Gasteiger partial charge < -0.3 is 30.3 Å². The Bertz CT molecular complexity index is 1070. The summed E-state index contributed by atoms with van der Waals surface area (Å²) in [4.78, 5) is 30.3. The van der Waals surface area contributed by atoms with Crippen LogP contribution >= 0.6 is 0 Å². The second-order valence-corrected chi connectivity index (χ2v) is 11.0. The molecular weight excluding hydrogens is 480 g/mol. The summed E-state index contributed by atoms with van der Waals surface area (Å²) in [5, 5.41) is 15.5. The predicted molar refractivity (Wildman–Crippen MR) is 151 cm³/mol. The predicted octanol–water partition coefficient (Wildman–Crippen LogP) is 5.06. The van der Waals surface area contributed by atoms with Crippen molar-refractivity contribution in [3.63, 3.8) is 0 Å². The summed E-state index contributed by atoms with van der Waals surface area (Å²) in [5.41, 5.74) is 1.55. The van der Waals surface area contributed by atoms with Crippen molar-refractivity contribution in [3.05, 3.63) is 54.1 Å². The third-order valence-corrected chi connectivity index (χ3v) is 7.74. The lowest BCUT2D eigenvalue weighted by atomic mass is 9.89. The summed E-state index contributed by atoms with van der Waals surface area (Å²) < 4.78 is 6.52. The van der Waals surface area contributed by atoms with E-state index < -0.39 is 6.03 Å². The highest BCUT2D eigenvalue weighted by atomic mass is 16.5. The summed E-state index contributed by atoms with van der Waals surface area (Å²) in [7, 11) is 2.15. The molecule has 1 heterocycles. The largest absolute Gasteiger partial charge is 0.488 e. The number of carbonyl (C=O) groups excluding carboxylic acids is 2. The maximum absolute atomic E-state index is 13.7. The van der Waals surface area contributed by atoms with E-state index in [0.29, 0.717) is 29.2 Å². The molecule has 3 atom stereocenters. The number of benzene rings is 2. The van der Waals surface area contributed by atoms with E-state index in [0.717, 1.165) is 19.0 Å². The molecule has 0 saturated heterocycles. The molecule has 38 heavy (non-hydrogen) atoms. The SMILES string of the molecule is C[C@@H]1CN([C@@H](C)CO)C(=O)c2cc(NC(=O)Nc3ccccc3)ccc2O[C@@H]1CN(C)CC1CCCCC1. The Kier molecular flexibility index (Phi) is 9.63. The fourth-order valence-electron chi connectivity index (χ4n) is 5.53. The Morgan fingerprint density at radius 2 is 1.79 bits per heavy atom. The molecule has 0 aromatic heterocycles. The number of hydrogen-bond acceptors (Lipinski definition) is 5. The maximum Gasteiger partial charge on any atom is 0.323 e. The number of anilines is 2. The zero-order valence-electron chi connectivity index (χ0n) is 22.9. The van der Waals surface area contributed by atoms with Gasteiger partial charge in [-0.05, 0) is 63.1 Å². The number of fused-ring (bicyclic) bond motifs is 1. The Hall–Kier alpha value is -3.10. The normalized spacial score (nSPS) is 21.2. The highest BCUT2D eigenvalue weighted by Crippen LogP contribution is 2.31. The van der Waals surface area contributed by atoms with Crippen molar-refractivity contribution >= 4 is 23.3 Å². The molecule has 4 rings (SSSR count). The van der Waals surface area contributed by atoms with Gasteiger partial charge in [0.15, 0.2) is 0 Å². The second-order valence-electron chi connectivity index (χ2n) is 11.0. The van der Waals surface area contributed by atoms with Gasteiger partial charge in [-0.2, -0.15) is 0 Å². The monoisotopic (exact) mass is 522 g/mol. The van der Waals surface area contributed by atoms with E-state index >= 15 is 0 Å². The highest BCUT2D eigenvalue weighted by molar-refractivity contribution is 6.02. The number of hydrogen-bond donors (Lipinski definition) is 3. The lowest BCUT2D eigenvalue weighted by Gasteiger charge is -2.38. The minimum atomic E-state index is -0.396. The number of likely N-dealkylation sites (N-methyl/N-ethyl adjacent to an activating group) is 1. The first-order valence-electron chi connectivity index (χ1n) is 13.9. The maximum atomic E-state index is 13.7. The molecule has 0 bridgehead atoms. The van der Waals surface area contributed by atoms with Gasteiger partial charge >= 0.3 is 6.03 Å². The Morgan fingerprint density at radius 1 is 1.08 bits per heavy atom. The van der Waals surface area contributed by atoms with Gasteiger partial charge in [-0.3, -0.25) is 4.79 Å². The van der Waals surface area contributed by atoms with E-state index in [2.05, 4.69) is 29.5 Å². The average Bonchev–Trinajstić information content (AvgIpc) is 2.91. The Labute approximate surface area is 226 Å². The van der Waals surface area contributed by atoms with Crippen LogP contribution in [-0.2, 0) is 0 Å². The molecule has 1 aliphatic carbocycles. The lowest BCUT2D eigenvalue weighted by Crippen LogP contribution is -2.50. The van der Waals surface area contributed by atoms with E-state index in [-0.39, 0.29) is 30.6 Å². The van der Waals surface area contributed by atoms with E-state index in [9.17, 15) is 14.7 Å². The van der Waals surface area contributed by atoms with Crippen LogP contribution in [0.1, 0.15) is 56.3 Å². The molecule has 2 aromatic carbocycles. The van der Waals surface area contributed by atoms with Gasteiger partial charge in [-0.15, -0.1) is 0 Å². The zero-order valence-corrected chi connectivity index (χ0v) is 22.9. The number of ether oxygens (including phenoxy) is 1. The van der Waals surface area contributed by atoms with Crippen LogP contribution < -0.4 is 15.4 Å². The molecule has 3 amide bonds. The number of para-hydroxylation sites is 1. The quantitative estimate of drug-likeness (QED) is 0.450. The Morgan fingerprint density at radius 3 is 2.50 bits per heavy atom. The van der Waals surface area contributed by atoms with Crippen LogP contribution in [-0.4, -0.2) is 72.3 Å². The van der Waals surface area contributed by atoms with Crippen LogP contribution in [0.3, 0.4) is 0 Å². The third kappa shape index (κ3) is 7.26. The van der Waals surface area contributed by atoms with E-state index in [4.69, 9.17) is 4.74 Å². The van der Waals surface area contributed by atoms with Crippen molar-refractivity contribution < 1.29 is 19.4 Å². The van der Waals surface area contributed by atoms with Crippen LogP contribution in [0.25, 0.3) is 0 Å². The molecule has 2 aromatic rings. The van der Waals surface area contributed by atoms with Gasteiger partial charge in [0.1, 0.15) is 11.9 Å². The van der Waals surface area contributed by atoms with Gasteiger partial charge in [0.2, 0.25) is 0 Å². The highest BCUT2D eigenvalue weighted by Gasteiger charge is 2.34. The van der Waals surface area contributed by atoms with Crippen molar-refractivity contribution in [1.29, 1.82) is 0 Å². The lowest BCUT2D eigenvalue weighted by molar-refractivity contribution is 0.0330. The summed E-state index contributed by atoms with van der Waals surface area (Å²) >= 11 is 0. The number of amides is 3. The minimum Gasteiger partial charge on any atom is -0.488 e. The number of nitrogens with zero attached hydrogens (tertiary/aromatic N) is 2. The van der Waals surface area contributed by atoms with Crippen LogP contribution in [0.2, 0.25) is 0 Å². The molecule has 0 unspecified atom stereocenters. The van der Waals surface area contributed by atoms with Gasteiger partial charge in [-0.25, -0.2) is 4.79 Å². The topological polar surface area (TPSA) is 94.1 Å². The second kappa shape index (κ2) is 13.1. The Balaban J connectivity index is 1.53. The first-order valence-corrected chi connectivity index (χ1v) is 13.9. The van der Waals surface area contributed by atoms with E-state index in [1.165, 1.54) is 32.1 Å². The van der Waals surface area contributed by atoms with E-state index in [1.807, 2.05) is 25.1 Å². The number of urea groups is 1. The summed E-state index contributed by atoms with van der Waals surface area (Å²) in [5.74, 6) is 1.09. The van der Waals surface area contributed by atoms with Crippen LogP contribution in [0.15, 0.2) is 48.5 Å². The van der Waals surface area contributed by atoms with Crippen LogP contribution in [0.4, 0.5) is 16.2 Å². The number of aliphatic hydroxyl groups is 1. The van der Waals surface area contributed by atoms with Crippen LogP contribution in [0, 0.1) is 11.8 Å². The van der Waals surface area contributed by atoms with Crippen molar-refractivity contribution in [2.75, 3.05) is 43.9 Å². The van der Waals surface area contributed by atoms with Crippen molar-refractivity contribution in [2.45, 2.75) is 58.1 Å². The van der Waals surface area contributed by atoms with Crippen molar-refractivity contribution in [2.24, 2.45) is 11.8 Å². The summed E-state index contributed by atoms with van der Waals surface area (Å²) in [6, 6.07) is 13.6. The van der Waals surface area contributed by atoms with E-state index in [1.54, 1.807) is 35.2 Å². The molecule has 8 heteroatoms. The van der Waals surface area contributed by atoms with Crippen molar-refractivity contribution in [1.82, 2.24) is 9.80 Å². The van der Waals surface area contributed by atoms with Gasteiger partial charge in [-0.1, -0.05) is 44.4 Å². The molecule has 3 N–H and O–H groups in total. The number of carbonyl (C=O) groups is 2. The number of nitrogens with one attached hydrogen (secondary N) is 2. The molecule has 0 radical (unpaired) electrons. The number of aliphatic hydroxyl groups excluding tert-OH is 1. The zero-order chi connectivity index (χ0) is 27.1. The first-order chi connectivity index (χ1) is 18.3. The average molecular weight is 523 g/mol.